The molecular weight excluding hydrogens is 316 g/mol. The van der Waals surface area contributed by atoms with Gasteiger partial charge in [0.1, 0.15) is 11.5 Å². The highest BCUT2D eigenvalue weighted by molar-refractivity contribution is 5.97. The number of para-hydroxylation sites is 1. The first kappa shape index (κ1) is 17.4. The number of ether oxygens (including phenoxy) is 1. The maximum Gasteiger partial charge on any atom is 0.255 e. The fourth-order valence-electron chi connectivity index (χ4n) is 2.91. The van der Waals surface area contributed by atoms with Gasteiger partial charge in [0.2, 0.25) is 0 Å². The molecule has 132 valence electrons. The number of rotatable bonds is 5. The quantitative estimate of drug-likeness (QED) is 0.900. The van der Waals surface area contributed by atoms with Crippen LogP contribution in [0.25, 0.3) is 0 Å². The zero-order chi connectivity index (χ0) is 17.6. The number of likely N-dealkylation sites (N-methyl/N-ethyl adjacent to an activating group) is 2. The van der Waals surface area contributed by atoms with Crippen LogP contribution in [0, 0.1) is 0 Å². The molecule has 1 saturated heterocycles. The molecule has 1 aliphatic rings. The largest absolute Gasteiger partial charge is 0.455 e. The topological polar surface area (TPSA) is 57.7 Å². The van der Waals surface area contributed by atoms with Crippen LogP contribution >= 0.6 is 0 Å². The Morgan fingerprint density at radius 3 is 2.88 bits per heavy atom. The lowest BCUT2D eigenvalue weighted by atomic mass is 10.1. The number of hydrogen-bond donors (Lipinski definition) is 1. The number of carbonyl (C=O) groups excluding carboxylic acids is 1. The minimum Gasteiger partial charge on any atom is -0.455 e. The second kappa shape index (κ2) is 8.09. The van der Waals surface area contributed by atoms with Crippen LogP contribution in [0.5, 0.6) is 11.5 Å². The van der Waals surface area contributed by atoms with Gasteiger partial charge in [0.15, 0.2) is 0 Å². The van der Waals surface area contributed by atoms with Gasteiger partial charge in [0, 0.05) is 38.4 Å². The van der Waals surface area contributed by atoms with E-state index in [2.05, 4.69) is 34.2 Å². The number of piperazine rings is 1. The van der Waals surface area contributed by atoms with Gasteiger partial charge in [-0.1, -0.05) is 12.1 Å². The SMILES string of the molecule is CN1CCN(C)C(CNC(=O)c2ccccc2Oc2cccnc2)C1. The van der Waals surface area contributed by atoms with E-state index in [0.717, 1.165) is 19.6 Å². The molecule has 6 heteroatoms. The van der Waals surface area contributed by atoms with E-state index in [-0.39, 0.29) is 5.91 Å². The van der Waals surface area contributed by atoms with E-state index in [1.165, 1.54) is 0 Å². The van der Waals surface area contributed by atoms with Gasteiger partial charge in [-0.15, -0.1) is 0 Å². The number of benzene rings is 1. The molecule has 2 heterocycles. The molecule has 0 saturated carbocycles. The molecule has 1 aliphatic heterocycles. The van der Waals surface area contributed by atoms with Crippen molar-refractivity contribution in [1.82, 2.24) is 20.1 Å². The average molecular weight is 340 g/mol. The molecule has 6 nitrogen and oxygen atoms in total. The predicted octanol–water partition coefficient (Wildman–Crippen LogP) is 1.85. The van der Waals surface area contributed by atoms with Gasteiger partial charge in [-0.2, -0.15) is 0 Å². The molecule has 3 rings (SSSR count). The minimum atomic E-state index is -0.124. The molecule has 0 aliphatic carbocycles. The summed E-state index contributed by atoms with van der Waals surface area (Å²) in [7, 11) is 4.21. The zero-order valence-corrected chi connectivity index (χ0v) is 14.7. The number of nitrogens with one attached hydrogen (secondary N) is 1. The highest BCUT2D eigenvalue weighted by Gasteiger charge is 2.23. The molecule has 0 spiro atoms. The lowest BCUT2D eigenvalue weighted by molar-refractivity contribution is 0.0879. The van der Waals surface area contributed by atoms with E-state index in [4.69, 9.17) is 4.74 Å². The van der Waals surface area contributed by atoms with E-state index < -0.39 is 0 Å². The Kier molecular flexibility index (Phi) is 5.63. The van der Waals surface area contributed by atoms with Crippen LogP contribution in [0.2, 0.25) is 0 Å². The Morgan fingerprint density at radius 1 is 1.24 bits per heavy atom. The van der Waals surface area contributed by atoms with Crippen LogP contribution in [-0.2, 0) is 0 Å². The van der Waals surface area contributed by atoms with Crippen molar-refractivity contribution in [2.24, 2.45) is 0 Å². The molecule has 1 amide bonds. The van der Waals surface area contributed by atoms with Crippen molar-refractivity contribution in [2.45, 2.75) is 6.04 Å². The number of hydrogen-bond acceptors (Lipinski definition) is 5. The van der Waals surface area contributed by atoms with Crippen molar-refractivity contribution in [3.8, 4) is 11.5 Å². The van der Waals surface area contributed by atoms with Crippen LogP contribution < -0.4 is 10.1 Å². The van der Waals surface area contributed by atoms with Gasteiger partial charge in [-0.3, -0.25) is 14.7 Å². The van der Waals surface area contributed by atoms with Gasteiger partial charge in [0.25, 0.3) is 5.91 Å². The lowest BCUT2D eigenvalue weighted by Crippen LogP contribution is -2.54. The summed E-state index contributed by atoms with van der Waals surface area (Å²) >= 11 is 0. The van der Waals surface area contributed by atoms with Crippen molar-refractivity contribution in [3.63, 3.8) is 0 Å². The summed E-state index contributed by atoms with van der Waals surface area (Å²) in [6.45, 7) is 3.63. The third-order valence-corrected chi connectivity index (χ3v) is 4.47. The molecule has 0 bridgehead atoms. The van der Waals surface area contributed by atoms with Gasteiger partial charge in [0.05, 0.1) is 11.8 Å². The summed E-state index contributed by atoms with van der Waals surface area (Å²) in [6.07, 6.45) is 3.31. The summed E-state index contributed by atoms with van der Waals surface area (Å²) in [4.78, 5) is 21.3. The Balaban J connectivity index is 1.66. The van der Waals surface area contributed by atoms with Gasteiger partial charge >= 0.3 is 0 Å². The van der Waals surface area contributed by atoms with E-state index >= 15 is 0 Å². The summed E-state index contributed by atoms with van der Waals surface area (Å²) in [6, 6.07) is 11.2. The fourth-order valence-corrected chi connectivity index (χ4v) is 2.91. The molecule has 1 N–H and O–H groups in total. The van der Waals surface area contributed by atoms with Crippen molar-refractivity contribution in [2.75, 3.05) is 40.3 Å². The smallest absolute Gasteiger partial charge is 0.255 e. The number of carbonyl (C=O) groups is 1. The van der Waals surface area contributed by atoms with Gasteiger partial charge < -0.3 is 15.0 Å². The van der Waals surface area contributed by atoms with Gasteiger partial charge in [-0.25, -0.2) is 0 Å². The van der Waals surface area contributed by atoms with Crippen LogP contribution in [-0.4, -0.2) is 67.0 Å². The molecule has 2 aromatic rings. The third-order valence-electron chi connectivity index (χ3n) is 4.47. The van der Waals surface area contributed by atoms with E-state index in [0.29, 0.717) is 29.6 Å². The molecular formula is C19H24N4O2. The summed E-state index contributed by atoms with van der Waals surface area (Å²) in [5, 5.41) is 3.04. The van der Waals surface area contributed by atoms with Crippen molar-refractivity contribution < 1.29 is 9.53 Å². The maximum atomic E-state index is 12.6. The molecule has 25 heavy (non-hydrogen) atoms. The first-order valence-corrected chi connectivity index (χ1v) is 8.47. The summed E-state index contributed by atoms with van der Waals surface area (Å²) in [5.74, 6) is 1.01. The zero-order valence-electron chi connectivity index (χ0n) is 14.7. The maximum absolute atomic E-state index is 12.6. The standard InChI is InChI=1S/C19H24N4O2/c1-22-10-11-23(2)15(14-22)12-21-19(24)17-7-3-4-8-18(17)25-16-6-5-9-20-13-16/h3-9,13,15H,10-12,14H2,1-2H3,(H,21,24). The molecule has 1 aromatic heterocycles. The highest BCUT2D eigenvalue weighted by atomic mass is 16.5. The Morgan fingerprint density at radius 2 is 2.08 bits per heavy atom. The van der Waals surface area contributed by atoms with Gasteiger partial charge in [-0.05, 0) is 38.4 Å². The molecule has 1 unspecified atom stereocenters. The van der Waals surface area contributed by atoms with Crippen molar-refractivity contribution >= 4 is 5.91 Å². The number of nitrogens with zero attached hydrogens (tertiary/aromatic N) is 3. The Labute approximate surface area is 148 Å². The van der Waals surface area contributed by atoms with Crippen LogP contribution in [0.1, 0.15) is 10.4 Å². The fraction of sp³-hybridized carbons (Fsp3) is 0.368. The highest BCUT2D eigenvalue weighted by Crippen LogP contribution is 2.24. The number of amides is 1. The van der Waals surface area contributed by atoms with Crippen molar-refractivity contribution in [1.29, 1.82) is 0 Å². The first-order valence-electron chi connectivity index (χ1n) is 8.47. The Hall–Kier alpha value is -2.44. The number of pyridine rings is 1. The minimum absolute atomic E-state index is 0.124. The van der Waals surface area contributed by atoms with E-state index in [1.54, 1.807) is 30.6 Å². The monoisotopic (exact) mass is 340 g/mol. The van der Waals surface area contributed by atoms with Crippen LogP contribution in [0.3, 0.4) is 0 Å². The molecule has 1 fully saturated rings. The van der Waals surface area contributed by atoms with E-state index in [9.17, 15) is 4.79 Å². The summed E-state index contributed by atoms with van der Waals surface area (Å²) < 4.78 is 5.82. The second-order valence-electron chi connectivity index (χ2n) is 6.39. The molecule has 1 atom stereocenters. The molecule has 1 aromatic carbocycles. The predicted molar refractivity (Wildman–Crippen MR) is 97.0 cm³/mol. The lowest BCUT2D eigenvalue weighted by Gasteiger charge is -2.37. The van der Waals surface area contributed by atoms with Crippen LogP contribution in [0.15, 0.2) is 48.8 Å². The molecule has 0 radical (unpaired) electrons. The summed E-state index contributed by atoms with van der Waals surface area (Å²) in [5.41, 5.74) is 0.526. The average Bonchev–Trinajstić information content (AvgIpc) is 2.63. The second-order valence-corrected chi connectivity index (χ2v) is 6.39. The Bertz CT molecular complexity index is 708. The number of aromatic nitrogens is 1. The van der Waals surface area contributed by atoms with Crippen LogP contribution in [0.4, 0.5) is 0 Å². The van der Waals surface area contributed by atoms with Crippen molar-refractivity contribution in [3.05, 3.63) is 54.4 Å². The van der Waals surface area contributed by atoms with E-state index in [1.807, 2.05) is 18.2 Å². The third kappa shape index (κ3) is 4.55. The normalized spacial score (nSPS) is 18.7. The first-order chi connectivity index (χ1) is 12.1.